The second-order valence-electron chi connectivity index (χ2n) is 5.78. The van der Waals surface area contributed by atoms with Crippen molar-refractivity contribution in [2.75, 3.05) is 0 Å². The van der Waals surface area contributed by atoms with E-state index < -0.39 is 0 Å². The molecule has 0 spiro atoms. The van der Waals surface area contributed by atoms with E-state index in [1.165, 1.54) is 0 Å². The predicted molar refractivity (Wildman–Crippen MR) is 105 cm³/mol. The number of imidazole rings is 1. The van der Waals surface area contributed by atoms with Gasteiger partial charge in [-0.15, -0.1) is 0 Å². The van der Waals surface area contributed by atoms with Crippen molar-refractivity contribution in [2.45, 2.75) is 12.7 Å². The van der Waals surface area contributed by atoms with Gasteiger partial charge in [-0.1, -0.05) is 18.2 Å². The molecule has 1 atom stereocenters. The molecule has 0 fully saturated rings. The van der Waals surface area contributed by atoms with Crippen LogP contribution in [0.2, 0.25) is 0 Å². The maximum Gasteiger partial charge on any atom is 0.125 e. The number of rotatable bonds is 5. The van der Waals surface area contributed by atoms with Gasteiger partial charge in [-0.2, -0.15) is 10.5 Å². The summed E-state index contributed by atoms with van der Waals surface area (Å²) >= 11 is 2.16. The van der Waals surface area contributed by atoms with Crippen molar-refractivity contribution < 1.29 is 4.74 Å². The van der Waals surface area contributed by atoms with E-state index in [-0.39, 0.29) is 6.10 Å². The van der Waals surface area contributed by atoms with Gasteiger partial charge in [0.15, 0.2) is 0 Å². The number of hydrogen-bond donors (Lipinski definition) is 0. The smallest absolute Gasteiger partial charge is 0.125 e. The zero-order chi connectivity index (χ0) is 18.5. The molecule has 1 unspecified atom stereocenters. The topological polar surface area (TPSA) is 74.6 Å². The van der Waals surface area contributed by atoms with Gasteiger partial charge in [0, 0.05) is 10.6 Å². The minimum atomic E-state index is -0.306. The number of ether oxygens (including phenoxy) is 1. The van der Waals surface area contributed by atoms with E-state index in [1.807, 2.05) is 41.9 Å². The third-order valence-electron chi connectivity index (χ3n) is 4.04. The van der Waals surface area contributed by atoms with Crippen LogP contribution in [0.1, 0.15) is 34.1 Å². The Morgan fingerprint density at radius 1 is 1.15 bits per heavy atom. The highest BCUT2D eigenvalue weighted by Crippen LogP contribution is 2.29. The molecule has 26 heavy (non-hydrogen) atoms. The highest BCUT2D eigenvalue weighted by molar-refractivity contribution is 14.1. The van der Waals surface area contributed by atoms with Crippen LogP contribution in [0.5, 0.6) is 0 Å². The molecule has 5 nitrogen and oxygen atoms in total. The van der Waals surface area contributed by atoms with Gasteiger partial charge in [-0.25, -0.2) is 4.98 Å². The number of hydrogen-bond acceptors (Lipinski definition) is 4. The average Bonchev–Trinajstić information content (AvgIpc) is 3.08. The maximum absolute atomic E-state index is 9.15. The van der Waals surface area contributed by atoms with Crippen molar-refractivity contribution in [1.82, 2.24) is 9.55 Å². The second-order valence-corrected chi connectivity index (χ2v) is 6.94. The van der Waals surface area contributed by atoms with Crippen LogP contribution in [0.15, 0.2) is 55.0 Å². The van der Waals surface area contributed by atoms with Gasteiger partial charge < -0.3 is 9.30 Å². The van der Waals surface area contributed by atoms with E-state index >= 15 is 0 Å². The van der Waals surface area contributed by atoms with Crippen LogP contribution in [-0.4, -0.2) is 9.55 Å². The minimum absolute atomic E-state index is 0.306. The van der Waals surface area contributed by atoms with E-state index in [0.717, 1.165) is 20.4 Å². The third-order valence-corrected chi connectivity index (χ3v) is 4.93. The fourth-order valence-corrected chi connectivity index (χ4v) is 3.27. The van der Waals surface area contributed by atoms with E-state index in [9.17, 15) is 0 Å². The number of aromatic nitrogens is 2. The molecule has 0 aliphatic rings. The quantitative estimate of drug-likeness (QED) is 0.545. The summed E-state index contributed by atoms with van der Waals surface area (Å²) in [6.07, 6.45) is 3.22. The molecule has 0 aliphatic carbocycles. The maximum atomic E-state index is 9.15. The Balaban J connectivity index is 1.89. The van der Waals surface area contributed by atoms with Gasteiger partial charge in [0.25, 0.3) is 0 Å². The number of halogens is 1. The van der Waals surface area contributed by atoms with Gasteiger partial charge in [0.2, 0.25) is 0 Å². The summed E-state index contributed by atoms with van der Waals surface area (Å²) in [6, 6.07) is 17.3. The van der Waals surface area contributed by atoms with Gasteiger partial charge in [0.05, 0.1) is 42.0 Å². The summed E-state index contributed by atoms with van der Waals surface area (Å²) in [5.74, 6) is 0. The molecule has 3 rings (SSSR count). The normalized spacial score (nSPS) is 11.5. The summed E-state index contributed by atoms with van der Waals surface area (Å²) in [5, 5.41) is 18.1. The first-order valence-electron chi connectivity index (χ1n) is 7.88. The molecule has 0 amide bonds. The molecule has 0 aliphatic heterocycles. The number of benzene rings is 2. The molecule has 0 saturated heterocycles. The standard InChI is InChI=1S/C20H15IN4O/c1-25-13-24-11-19(25)20(16-6-7-17(10-23)18(21)8-16)26-12-15-4-2-14(9-22)3-5-15/h2-8,11,13,20H,12H2,1H3. The lowest BCUT2D eigenvalue weighted by molar-refractivity contribution is 0.0621. The molecule has 0 N–H and O–H groups in total. The Morgan fingerprint density at radius 2 is 1.92 bits per heavy atom. The Kier molecular flexibility index (Phi) is 5.67. The molecule has 0 saturated carbocycles. The Labute approximate surface area is 165 Å². The van der Waals surface area contributed by atoms with E-state index in [2.05, 4.69) is 39.7 Å². The highest BCUT2D eigenvalue weighted by Gasteiger charge is 2.19. The summed E-state index contributed by atoms with van der Waals surface area (Å²) in [5.41, 5.74) is 4.15. The lowest BCUT2D eigenvalue weighted by atomic mass is 10.0. The number of nitriles is 2. The van der Waals surface area contributed by atoms with Crippen LogP contribution in [-0.2, 0) is 18.4 Å². The average molecular weight is 454 g/mol. The first-order chi connectivity index (χ1) is 12.6. The predicted octanol–water partition coefficient (Wildman–Crippen LogP) is 4.07. The van der Waals surface area contributed by atoms with Gasteiger partial charge in [0.1, 0.15) is 12.2 Å². The molecule has 1 heterocycles. The van der Waals surface area contributed by atoms with E-state index in [4.69, 9.17) is 15.3 Å². The minimum Gasteiger partial charge on any atom is -0.363 e. The summed E-state index contributed by atoms with van der Waals surface area (Å²) in [6.45, 7) is 0.401. The van der Waals surface area contributed by atoms with Crippen LogP contribution in [0.25, 0.3) is 0 Å². The third kappa shape index (κ3) is 3.93. The summed E-state index contributed by atoms with van der Waals surface area (Å²) in [7, 11) is 1.93. The molecule has 128 valence electrons. The van der Waals surface area contributed by atoms with E-state index in [1.54, 1.807) is 24.7 Å². The van der Waals surface area contributed by atoms with Crippen LogP contribution in [0.3, 0.4) is 0 Å². The van der Waals surface area contributed by atoms with Crippen molar-refractivity contribution in [3.63, 3.8) is 0 Å². The highest BCUT2D eigenvalue weighted by atomic mass is 127. The molecule has 0 bridgehead atoms. The molecular weight excluding hydrogens is 439 g/mol. The van der Waals surface area contributed by atoms with Gasteiger partial charge in [-0.05, 0) is 58.0 Å². The molecule has 1 aromatic heterocycles. The zero-order valence-electron chi connectivity index (χ0n) is 14.1. The molecule has 6 heteroatoms. The lowest BCUT2D eigenvalue weighted by Crippen LogP contribution is -2.11. The second kappa shape index (κ2) is 8.13. The van der Waals surface area contributed by atoms with Crippen LogP contribution in [0, 0.1) is 26.2 Å². The van der Waals surface area contributed by atoms with Crippen molar-refractivity contribution in [1.29, 1.82) is 10.5 Å². The van der Waals surface area contributed by atoms with Crippen LogP contribution in [0.4, 0.5) is 0 Å². The molecular formula is C20H15IN4O. The number of aryl methyl sites for hydroxylation is 1. The first-order valence-corrected chi connectivity index (χ1v) is 8.96. The Bertz CT molecular complexity index is 996. The summed E-state index contributed by atoms with van der Waals surface area (Å²) in [4.78, 5) is 4.19. The number of nitrogens with zero attached hydrogens (tertiary/aromatic N) is 4. The Hall–Kier alpha value is -2.68. The Morgan fingerprint density at radius 3 is 2.50 bits per heavy atom. The monoisotopic (exact) mass is 454 g/mol. The molecule has 3 aromatic rings. The van der Waals surface area contributed by atoms with Crippen molar-refractivity contribution >= 4 is 22.6 Å². The van der Waals surface area contributed by atoms with Crippen LogP contribution >= 0.6 is 22.6 Å². The SMILES string of the molecule is Cn1cncc1C(OCc1ccc(C#N)cc1)c1ccc(C#N)c(I)c1. The van der Waals surface area contributed by atoms with Crippen molar-refractivity contribution in [3.05, 3.63) is 86.5 Å². The van der Waals surface area contributed by atoms with Gasteiger partial charge in [-0.3, -0.25) is 0 Å². The van der Waals surface area contributed by atoms with E-state index in [0.29, 0.717) is 17.7 Å². The summed E-state index contributed by atoms with van der Waals surface area (Å²) < 4.78 is 9.02. The van der Waals surface area contributed by atoms with Crippen molar-refractivity contribution in [3.8, 4) is 12.1 Å². The zero-order valence-corrected chi connectivity index (χ0v) is 16.2. The first kappa shape index (κ1) is 18.1. The molecule has 2 aromatic carbocycles. The fraction of sp³-hybridized carbons (Fsp3) is 0.150. The van der Waals surface area contributed by atoms with Crippen molar-refractivity contribution in [2.24, 2.45) is 7.05 Å². The van der Waals surface area contributed by atoms with Crippen LogP contribution < -0.4 is 0 Å². The van der Waals surface area contributed by atoms with Gasteiger partial charge >= 0.3 is 0 Å². The molecule has 0 radical (unpaired) electrons. The lowest BCUT2D eigenvalue weighted by Gasteiger charge is -2.19. The largest absolute Gasteiger partial charge is 0.363 e. The fourth-order valence-electron chi connectivity index (χ4n) is 2.61.